The van der Waals surface area contributed by atoms with E-state index in [-0.39, 0.29) is 29.1 Å². The van der Waals surface area contributed by atoms with Gasteiger partial charge in [-0.3, -0.25) is 14.5 Å². The minimum Gasteiger partial charge on any atom is -0.376 e. The topological polar surface area (TPSA) is 61.9 Å². The molecule has 2 saturated heterocycles. The van der Waals surface area contributed by atoms with Gasteiger partial charge in [0, 0.05) is 39.3 Å². The zero-order valence-electron chi connectivity index (χ0n) is 15.3. The van der Waals surface area contributed by atoms with Crippen molar-refractivity contribution in [2.24, 2.45) is 0 Å². The number of carbonyl (C=O) groups excluding carboxylic acids is 2. The quantitative estimate of drug-likeness (QED) is 0.824. The molecule has 2 heterocycles. The van der Waals surface area contributed by atoms with Crippen LogP contribution in [0.3, 0.4) is 0 Å². The van der Waals surface area contributed by atoms with E-state index in [1.807, 2.05) is 4.90 Å². The second-order valence-corrected chi connectivity index (χ2v) is 7.36. The molecule has 148 valence electrons. The van der Waals surface area contributed by atoms with Crippen molar-refractivity contribution in [2.45, 2.75) is 25.4 Å². The maximum absolute atomic E-state index is 14.0. The van der Waals surface area contributed by atoms with E-state index in [2.05, 4.69) is 5.32 Å². The molecular weight excluding hydrogens is 373 g/mol. The van der Waals surface area contributed by atoms with E-state index in [4.69, 9.17) is 16.3 Å². The van der Waals surface area contributed by atoms with Crippen molar-refractivity contribution in [3.63, 3.8) is 0 Å². The molecule has 8 heteroatoms. The molecule has 1 atom stereocenters. The summed E-state index contributed by atoms with van der Waals surface area (Å²) >= 11 is 6.01. The highest BCUT2D eigenvalue weighted by molar-refractivity contribution is 6.33. The van der Waals surface area contributed by atoms with Crippen molar-refractivity contribution in [2.75, 3.05) is 45.9 Å². The maximum atomic E-state index is 14.0. The van der Waals surface area contributed by atoms with E-state index >= 15 is 0 Å². The number of hydrogen-bond acceptors (Lipinski definition) is 4. The van der Waals surface area contributed by atoms with Gasteiger partial charge in [-0.05, 0) is 31.4 Å². The summed E-state index contributed by atoms with van der Waals surface area (Å²) < 4.78 is 19.5. The van der Waals surface area contributed by atoms with Gasteiger partial charge in [0.05, 0.1) is 23.2 Å². The molecule has 1 N–H and O–H groups in total. The molecule has 2 amide bonds. The second kappa shape index (κ2) is 9.48. The molecule has 0 saturated carbocycles. The molecule has 1 unspecified atom stereocenters. The van der Waals surface area contributed by atoms with Crippen LogP contribution >= 0.6 is 11.6 Å². The molecule has 0 radical (unpaired) electrons. The number of hydrogen-bond donors (Lipinski definition) is 1. The average molecular weight is 398 g/mol. The van der Waals surface area contributed by atoms with Gasteiger partial charge in [0.2, 0.25) is 5.91 Å². The number of benzene rings is 1. The lowest BCUT2D eigenvalue weighted by Gasteiger charge is -2.22. The van der Waals surface area contributed by atoms with Crippen molar-refractivity contribution >= 4 is 23.4 Å². The minimum atomic E-state index is -0.609. The van der Waals surface area contributed by atoms with Crippen LogP contribution in [-0.2, 0) is 9.53 Å². The first-order valence-corrected chi connectivity index (χ1v) is 9.76. The molecule has 27 heavy (non-hydrogen) atoms. The van der Waals surface area contributed by atoms with Gasteiger partial charge >= 0.3 is 0 Å². The lowest BCUT2D eigenvalue weighted by Crippen LogP contribution is -2.42. The zero-order valence-corrected chi connectivity index (χ0v) is 16.0. The van der Waals surface area contributed by atoms with Gasteiger partial charge in [0.15, 0.2) is 0 Å². The molecule has 0 aliphatic carbocycles. The highest BCUT2D eigenvalue weighted by Gasteiger charge is 2.25. The van der Waals surface area contributed by atoms with Gasteiger partial charge in [0.1, 0.15) is 5.82 Å². The lowest BCUT2D eigenvalue weighted by molar-refractivity contribution is -0.122. The molecule has 0 spiro atoms. The smallest absolute Gasteiger partial charge is 0.258 e. The normalized spacial score (nSPS) is 21.1. The number of ether oxygens (including phenoxy) is 1. The van der Waals surface area contributed by atoms with Crippen molar-refractivity contribution in [1.82, 2.24) is 15.1 Å². The number of rotatable bonds is 5. The maximum Gasteiger partial charge on any atom is 0.258 e. The van der Waals surface area contributed by atoms with Crippen molar-refractivity contribution in [1.29, 1.82) is 0 Å². The van der Waals surface area contributed by atoms with E-state index in [9.17, 15) is 14.0 Å². The molecule has 3 rings (SSSR count). The highest BCUT2D eigenvalue weighted by atomic mass is 35.5. The van der Waals surface area contributed by atoms with E-state index in [1.54, 1.807) is 4.90 Å². The summed E-state index contributed by atoms with van der Waals surface area (Å²) in [5, 5.41) is 3.03. The molecule has 0 aromatic heterocycles. The van der Waals surface area contributed by atoms with Crippen molar-refractivity contribution in [3.8, 4) is 0 Å². The van der Waals surface area contributed by atoms with Crippen LogP contribution in [0.25, 0.3) is 0 Å². The molecule has 2 aliphatic heterocycles. The molecule has 2 fully saturated rings. The lowest BCUT2D eigenvalue weighted by atomic mass is 10.1. The molecule has 1 aromatic rings. The van der Waals surface area contributed by atoms with E-state index in [1.165, 1.54) is 18.2 Å². The Bertz CT molecular complexity index is 662. The summed E-state index contributed by atoms with van der Waals surface area (Å²) in [5.41, 5.74) is -0.0816. The number of halogens is 2. The SMILES string of the molecule is O=C(CN1CCCN(C(=O)c2c(F)cccc2Cl)CC1)NCC1CCCO1. The van der Waals surface area contributed by atoms with E-state index in [0.29, 0.717) is 32.7 Å². The van der Waals surface area contributed by atoms with E-state index in [0.717, 1.165) is 25.9 Å². The monoisotopic (exact) mass is 397 g/mol. The molecule has 2 aliphatic rings. The fourth-order valence-electron chi connectivity index (χ4n) is 3.48. The van der Waals surface area contributed by atoms with Crippen LogP contribution < -0.4 is 5.32 Å². The van der Waals surface area contributed by atoms with Gasteiger partial charge in [-0.25, -0.2) is 4.39 Å². The third kappa shape index (κ3) is 5.40. The Hall–Kier alpha value is -1.70. The standard InChI is InChI=1S/C19H25ClFN3O3/c20-15-5-1-6-16(21)18(15)19(26)24-8-3-7-23(9-10-24)13-17(25)22-12-14-4-2-11-27-14/h1,5-6,14H,2-4,7-13H2,(H,22,25). The van der Waals surface area contributed by atoms with Crippen molar-refractivity contribution in [3.05, 3.63) is 34.6 Å². The Labute approximate surface area is 163 Å². The third-order valence-corrected chi connectivity index (χ3v) is 5.29. The van der Waals surface area contributed by atoms with Gasteiger partial charge in [0.25, 0.3) is 5.91 Å². The van der Waals surface area contributed by atoms with E-state index < -0.39 is 11.7 Å². The van der Waals surface area contributed by atoms with Gasteiger partial charge < -0.3 is 15.0 Å². The Balaban J connectivity index is 1.49. The third-order valence-electron chi connectivity index (χ3n) is 4.97. The molecular formula is C19H25ClFN3O3. The van der Waals surface area contributed by atoms with Crippen LogP contribution in [0.5, 0.6) is 0 Å². The molecule has 6 nitrogen and oxygen atoms in total. The minimum absolute atomic E-state index is 0.0394. The summed E-state index contributed by atoms with van der Waals surface area (Å²) in [4.78, 5) is 28.4. The predicted molar refractivity (Wildman–Crippen MR) is 100 cm³/mol. The van der Waals surface area contributed by atoms with Crippen LogP contribution in [-0.4, -0.2) is 73.6 Å². The summed E-state index contributed by atoms with van der Waals surface area (Å²) in [6.45, 7) is 3.81. The number of nitrogens with zero attached hydrogens (tertiary/aromatic N) is 2. The number of carbonyl (C=O) groups is 2. The Kier molecular flexibility index (Phi) is 7.04. The van der Waals surface area contributed by atoms with Crippen LogP contribution in [0, 0.1) is 5.82 Å². The Morgan fingerprint density at radius 1 is 1.22 bits per heavy atom. The predicted octanol–water partition coefficient (Wildman–Crippen LogP) is 1.92. The van der Waals surface area contributed by atoms with Crippen LogP contribution in [0.4, 0.5) is 4.39 Å². The van der Waals surface area contributed by atoms with Crippen LogP contribution in [0.2, 0.25) is 5.02 Å². The summed E-state index contributed by atoms with van der Waals surface area (Å²) in [6.07, 6.45) is 2.87. The van der Waals surface area contributed by atoms with Crippen molar-refractivity contribution < 1.29 is 18.7 Å². The summed E-state index contributed by atoms with van der Waals surface area (Å²) in [5.74, 6) is -1.05. The number of amides is 2. The fourth-order valence-corrected chi connectivity index (χ4v) is 3.73. The van der Waals surface area contributed by atoms with Gasteiger partial charge in [-0.15, -0.1) is 0 Å². The Morgan fingerprint density at radius 2 is 2.07 bits per heavy atom. The molecule has 1 aromatic carbocycles. The van der Waals surface area contributed by atoms with Gasteiger partial charge in [-0.2, -0.15) is 0 Å². The zero-order chi connectivity index (χ0) is 19.2. The van der Waals surface area contributed by atoms with Crippen LogP contribution in [0.15, 0.2) is 18.2 Å². The summed E-state index contributed by atoms with van der Waals surface area (Å²) in [6, 6.07) is 4.23. The van der Waals surface area contributed by atoms with Crippen LogP contribution in [0.1, 0.15) is 29.6 Å². The van der Waals surface area contributed by atoms with Gasteiger partial charge in [-0.1, -0.05) is 17.7 Å². The first-order valence-electron chi connectivity index (χ1n) is 9.38. The molecule has 0 bridgehead atoms. The first kappa shape index (κ1) is 20.0. The summed E-state index contributed by atoms with van der Waals surface area (Å²) in [7, 11) is 0. The Morgan fingerprint density at radius 3 is 2.81 bits per heavy atom. The first-order chi connectivity index (χ1) is 13.0. The fraction of sp³-hybridized carbons (Fsp3) is 0.579. The highest BCUT2D eigenvalue weighted by Crippen LogP contribution is 2.21. The largest absolute Gasteiger partial charge is 0.376 e. The number of nitrogens with one attached hydrogen (secondary N) is 1. The average Bonchev–Trinajstić information content (AvgIpc) is 3.05. The second-order valence-electron chi connectivity index (χ2n) is 6.96.